The Balaban J connectivity index is 1.68. The second-order valence-electron chi connectivity index (χ2n) is 5.45. The van der Waals surface area contributed by atoms with Crippen molar-refractivity contribution in [1.29, 1.82) is 0 Å². The molecule has 20 heavy (non-hydrogen) atoms. The molecule has 0 unspecified atom stereocenters. The van der Waals surface area contributed by atoms with Crippen LogP contribution in [0.15, 0.2) is 28.8 Å². The van der Waals surface area contributed by atoms with Crippen molar-refractivity contribution in [2.24, 2.45) is 5.92 Å². The zero-order valence-corrected chi connectivity index (χ0v) is 11.8. The van der Waals surface area contributed by atoms with Crippen LogP contribution in [0.5, 0.6) is 5.75 Å². The molecule has 3 rings (SSSR count). The van der Waals surface area contributed by atoms with Gasteiger partial charge in [-0.05, 0) is 43.0 Å². The molecule has 4 nitrogen and oxygen atoms in total. The van der Waals surface area contributed by atoms with E-state index in [0.717, 1.165) is 23.6 Å². The highest BCUT2D eigenvalue weighted by molar-refractivity contribution is 5.55. The van der Waals surface area contributed by atoms with E-state index in [4.69, 9.17) is 9.26 Å². The first-order valence-electron chi connectivity index (χ1n) is 7.32. The lowest BCUT2D eigenvalue weighted by Crippen LogP contribution is -2.09. The molecule has 1 aliphatic rings. The molecule has 0 N–H and O–H groups in total. The molecule has 0 saturated heterocycles. The SMILES string of the molecule is COc1ccc(-c2noc(CC3CCCCC3)n2)cc1. The van der Waals surface area contributed by atoms with Crippen LogP contribution in [-0.4, -0.2) is 17.3 Å². The summed E-state index contributed by atoms with van der Waals surface area (Å²) in [6.45, 7) is 0. The lowest BCUT2D eigenvalue weighted by Gasteiger charge is -2.19. The molecule has 2 aromatic rings. The zero-order valence-electron chi connectivity index (χ0n) is 11.8. The summed E-state index contributed by atoms with van der Waals surface area (Å²) in [5.74, 6) is 2.98. The highest BCUT2D eigenvalue weighted by atomic mass is 16.5. The molecule has 106 valence electrons. The van der Waals surface area contributed by atoms with Crippen LogP contribution in [0.2, 0.25) is 0 Å². The van der Waals surface area contributed by atoms with Crippen molar-refractivity contribution in [2.75, 3.05) is 7.11 Å². The fourth-order valence-electron chi connectivity index (χ4n) is 2.83. The van der Waals surface area contributed by atoms with Crippen molar-refractivity contribution in [3.8, 4) is 17.1 Å². The Labute approximate surface area is 119 Å². The van der Waals surface area contributed by atoms with Gasteiger partial charge in [0.15, 0.2) is 0 Å². The van der Waals surface area contributed by atoms with E-state index in [1.165, 1.54) is 32.1 Å². The van der Waals surface area contributed by atoms with Gasteiger partial charge in [-0.25, -0.2) is 0 Å². The minimum absolute atomic E-state index is 0.665. The van der Waals surface area contributed by atoms with Crippen LogP contribution in [-0.2, 0) is 6.42 Å². The van der Waals surface area contributed by atoms with E-state index in [1.807, 2.05) is 24.3 Å². The van der Waals surface area contributed by atoms with E-state index in [2.05, 4.69) is 10.1 Å². The summed E-state index contributed by atoms with van der Waals surface area (Å²) in [7, 11) is 1.66. The summed E-state index contributed by atoms with van der Waals surface area (Å²) in [6, 6.07) is 7.72. The summed E-state index contributed by atoms with van der Waals surface area (Å²) < 4.78 is 10.5. The maximum Gasteiger partial charge on any atom is 0.227 e. The molecule has 0 bridgehead atoms. The van der Waals surface area contributed by atoms with Gasteiger partial charge in [-0.3, -0.25) is 0 Å². The zero-order chi connectivity index (χ0) is 13.8. The molecular weight excluding hydrogens is 252 g/mol. The average molecular weight is 272 g/mol. The number of methoxy groups -OCH3 is 1. The predicted molar refractivity (Wildman–Crippen MR) is 76.6 cm³/mol. The summed E-state index contributed by atoms with van der Waals surface area (Å²) in [5, 5.41) is 4.08. The molecule has 0 radical (unpaired) electrons. The van der Waals surface area contributed by atoms with E-state index in [1.54, 1.807) is 7.11 Å². The van der Waals surface area contributed by atoms with E-state index in [9.17, 15) is 0 Å². The summed E-state index contributed by atoms with van der Waals surface area (Å²) >= 11 is 0. The molecule has 0 spiro atoms. The van der Waals surface area contributed by atoms with Crippen molar-refractivity contribution in [2.45, 2.75) is 38.5 Å². The van der Waals surface area contributed by atoms with Gasteiger partial charge in [-0.1, -0.05) is 24.4 Å². The second kappa shape index (κ2) is 6.07. The number of aromatic nitrogens is 2. The highest BCUT2D eigenvalue weighted by Crippen LogP contribution is 2.27. The van der Waals surface area contributed by atoms with Crippen LogP contribution in [0, 0.1) is 5.92 Å². The number of benzene rings is 1. The first kappa shape index (κ1) is 13.2. The summed E-state index contributed by atoms with van der Waals surface area (Å²) in [6.07, 6.45) is 7.55. The molecule has 0 atom stereocenters. The molecule has 1 fully saturated rings. The predicted octanol–water partition coefficient (Wildman–Crippen LogP) is 3.87. The molecular formula is C16H20N2O2. The van der Waals surface area contributed by atoms with Crippen LogP contribution in [0.25, 0.3) is 11.4 Å². The van der Waals surface area contributed by atoms with Crippen LogP contribution in [0.4, 0.5) is 0 Å². The highest BCUT2D eigenvalue weighted by Gasteiger charge is 2.17. The Hall–Kier alpha value is -1.84. The van der Waals surface area contributed by atoms with Crippen LogP contribution < -0.4 is 4.74 Å². The summed E-state index contributed by atoms with van der Waals surface area (Å²) in [5.41, 5.74) is 0.962. The maximum absolute atomic E-state index is 5.39. The Bertz CT molecular complexity index is 542. The average Bonchev–Trinajstić information content (AvgIpc) is 2.97. The van der Waals surface area contributed by atoms with Crippen molar-refractivity contribution in [3.63, 3.8) is 0 Å². The minimum atomic E-state index is 0.665. The number of rotatable bonds is 4. The third-order valence-corrected chi connectivity index (χ3v) is 4.00. The third-order valence-electron chi connectivity index (χ3n) is 4.00. The van der Waals surface area contributed by atoms with Crippen LogP contribution in [0.3, 0.4) is 0 Å². The minimum Gasteiger partial charge on any atom is -0.497 e. The second-order valence-corrected chi connectivity index (χ2v) is 5.45. The van der Waals surface area contributed by atoms with E-state index < -0.39 is 0 Å². The topological polar surface area (TPSA) is 48.2 Å². The molecule has 1 aromatic heterocycles. The van der Waals surface area contributed by atoms with Crippen molar-refractivity contribution in [3.05, 3.63) is 30.2 Å². The molecule has 1 heterocycles. The van der Waals surface area contributed by atoms with Gasteiger partial charge in [0.25, 0.3) is 0 Å². The number of ether oxygens (including phenoxy) is 1. The van der Waals surface area contributed by atoms with Gasteiger partial charge in [0.1, 0.15) is 5.75 Å². The normalized spacial score (nSPS) is 16.2. The number of hydrogen-bond acceptors (Lipinski definition) is 4. The van der Waals surface area contributed by atoms with Crippen molar-refractivity contribution < 1.29 is 9.26 Å². The first-order chi connectivity index (χ1) is 9.85. The maximum atomic E-state index is 5.39. The van der Waals surface area contributed by atoms with Gasteiger partial charge >= 0.3 is 0 Å². The van der Waals surface area contributed by atoms with E-state index >= 15 is 0 Å². The first-order valence-corrected chi connectivity index (χ1v) is 7.32. The van der Waals surface area contributed by atoms with Gasteiger partial charge in [0.05, 0.1) is 7.11 Å². The number of hydrogen-bond donors (Lipinski definition) is 0. The van der Waals surface area contributed by atoms with E-state index in [-0.39, 0.29) is 0 Å². The van der Waals surface area contributed by atoms with Crippen molar-refractivity contribution >= 4 is 0 Å². The van der Waals surface area contributed by atoms with Gasteiger partial charge in [-0.2, -0.15) is 4.98 Å². The quantitative estimate of drug-likeness (QED) is 0.847. The van der Waals surface area contributed by atoms with E-state index in [0.29, 0.717) is 11.7 Å². The summed E-state index contributed by atoms with van der Waals surface area (Å²) in [4.78, 5) is 4.51. The van der Waals surface area contributed by atoms with Gasteiger partial charge in [0.2, 0.25) is 11.7 Å². The Morgan fingerprint density at radius 3 is 2.60 bits per heavy atom. The van der Waals surface area contributed by atoms with Crippen LogP contribution >= 0.6 is 0 Å². The molecule has 1 aliphatic carbocycles. The lowest BCUT2D eigenvalue weighted by atomic mass is 9.87. The fourth-order valence-corrected chi connectivity index (χ4v) is 2.83. The fraction of sp³-hybridized carbons (Fsp3) is 0.500. The third kappa shape index (κ3) is 3.00. The molecule has 0 amide bonds. The standard InChI is InChI=1S/C16H20N2O2/c1-19-14-9-7-13(8-10-14)16-17-15(20-18-16)11-12-5-3-2-4-6-12/h7-10,12H,2-6,11H2,1H3. The smallest absolute Gasteiger partial charge is 0.227 e. The molecule has 1 saturated carbocycles. The van der Waals surface area contributed by atoms with Gasteiger partial charge < -0.3 is 9.26 Å². The molecule has 1 aromatic carbocycles. The Morgan fingerprint density at radius 2 is 1.90 bits per heavy atom. The monoisotopic (exact) mass is 272 g/mol. The van der Waals surface area contributed by atoms with Crippen molar-refractivity contribution in [1.82, 2.24) is 10.1 Å². The van der Waals surface area contributed by atoms with Gasteiger partial charge in [0, 0.05) is 12.0 Å². The lowest BCUT2D eigenvalue weighted by molar-refractivity contribution is 0.305. The van der Waals surface area contributed by atoms with Gasteiger partial charge in [-0.15, -0.1) is 0 Å². The Morgan fingerprint density at radius 1 is 1.15 bits per heavy atom. The molecule has 4 heteroatoms. The molecule has 0 aliphatic heterocycles. The number of nitrogens with zero attached hydrogens (tertiary/aromatic N) is 2. The largest absolute Gasteiger partial charge is 0.497 e. The Kier molecular flexibility index (Phi) is 4.00. The van der Waals surface area contributed by atoms with Crippen LogP contribution in [0.1, 0.15) is 38.0 Å².